The van der Waals surface area contributed by atoms with Gasteiger partial charge in [-0.05, 0) is 66.6 Å². The van der Waals surface area contributed by atoms with E-state index in [9.17, 15) is 9.59 Å². The second-order valence-electron chi connectivity index (χ2n) is 9.58. The maximum Gasteiger partial charge on any atom is 0.254 e. The number of hydrogen-bond acceptors (Lipinski definition) is 6. The Labute approximate surface area is 229 Å². The number of halogens is 1. The van der Waals surface area contributed by atoms with E-state index in [-0.39, 0.29) is 24.3 Å². The molecule has 38 heavy (non-hydrogen) atoms. The van der Waals surface area contributed by atoms with Crippen molar-refractivity contribution in [1.82, 2.24) is 20.0 Å². The summed E-state index contributed by atoms with van der Waals surface area (Å²) in [5, 5.41) is 9.39. The summed E-state index contributed by atoms with van der Waals surface area (Å²) in [4.78, 5) is 32.0. The molecule has 2 aromatic carbocycles. The van der Waals surface area contributed by atoms with Crippen LogP contribution in [-0.4, -0.2) is 78.2 Å². The van der Waals surface area contributed by atoms with E-state index in [2.05, 4.69) is 28.9 Å². The summed E-state index contributed by atoms with van der Waals surface area (Å²) in [6.07, 6.45) is 0.926. The van der Waals surface area contributed by atoms with Crippen molar-refractivity contribution in [3.63, 3.8) is 0 Å². The number of hydrogen-bond donors (Lipinski definition) is 0. The average molecular weight is 536 g/mol. The van der Waals surface area contributed by atoms with Crippen LogP contribution < -0.4 is 9.64 Å². The Morgan fingerprint density at radius 1 is 0.974 bits per heavy atom. The molecule has 8 nitrogen and oxygen atoms in total. The number of carbonyl (C=O) groups excluding carboxylic acids is 2. The van der Waals surface area contributed by atoms with Crippen LogP contribution in [0.4, 0.5) is 5.82 Å². The van der Waals surface area contributed by atoms with Crippen molar-refractivity contribution in [2.45, 2.75) is 20.3 Å². The zero-order valence-corrected chi connectivity index (χ0v) is 22.9. The fraction of sp³-hybridized carbons (Fsp3) is 0.379. The number of methoxy groups -OCH3 is 1. The topological polar surface area (TPSA) is 78.9 Å². The number of benzene rings is 2. The Morgan fingerprint density at radius 2 is 1.66 bits per heavy atom. The lowest BCUT2D eigenvalue weighted by Gasteiger charge is -2.36. The van der Waals surface area contributed by atoms with Crippen LogP contribution in [-0.2, 0) is 4.79 Å². The minimum Gasteiger partial charge on any atom is -0.497 e. The Bertz CT molecular complexity index is 1210. The Kier molecular flexibility index (Phi) is 9.18. The molecule has 1 aliphatic heterocycles. The van der Waals surface area contributed by atoms with Gasteiger partial charge in [0.25, 0.3) is 5.91 Å². The van der Waals surface area contributed by atoms with Crippen LogP contribution in [0.3, 0.4) is 0 Å². The van der Waals surface area contributed by atoms with Crippen molar-refractivity contribution in [2.24, 2.45) is 5.92 Å². The summed E-state index contributed by atoms with van der Waals surface area (Å²) in [5.41, 5.74) is 2.29. The summed E-state index contributed by atoms with van der Waals surface area (Å²) in [6, 6.07) is 18.4. The summed E-state index contributed by atoms with van der Waals surface area (Å²) in [7, 11) is 1.64. The zero-order chi connectivity index (χ0) is 27.1. The normalized spacial score (nSPS) is 14.2. The van der Waals surface area contributed by atoms with Crippen molar-refractivity contribution in [2.75, 3.05) is 51.3 Å². The van der Waals surface area contributed by atoms with Crippen molar-refractivity contribution >= 4 is 29.2 Å². The molecule has 0 bridgehead atoms. The van der Waals surface area contributed by atoms with Gasteiger partial charge in [-0.2, -0.15) is 0 Å². The number of carbonyl (C=O) groups is 2. The number of ether oxygens (including phenoxy) is 1. The molecular weight excluding hydrogens is 502 g/mol. The highest BCUT2D eigenvalue weighted by Crippen LogP contribution is 2.22. The smallest absolute Gasteiger partial charge is 0.254 e. The van der Waals surface area contributed by atoms with E-state index >= 15 is 0 Å². The van der Waals surface area contributed by atoms with Gasteiger partial charge in [0.05, 0.1) is 12.8 Å². The molecule has 0 unspecified atom stereocenters. The lowest BCUT2D eigenvalue weighted by molar-refractivity contribution is -0.132. The van der Waals surface area contributed by atoms with Crippen molar-refractivity contribution in [3.8, 4) is 17.0 Å². The Morgan fingerprint density at radius 3 is 2.24 bits per heavy atom. The van der Waals surface area contributed by atoms with Gasteiger partial charge < -0.3 is 19.4 Å². The van der Waals surface area contributed by atoms with Gasteiger partial charge in [-0.25, -0.2) is 0 Å². The average Bonchev–Trinajstić information content (AvgIpc) is 2.97. The second kappa shape index (κ2) is 12.7. The highest BCUT2D eigenvalue weighted by atomic mass is 35.5. The SMILES string of the molecule is CC[C@@H](C)CN(CC(=O)N1CCN(c2ccc(-c3ccc(OC)cc3)nn2)CC1)C(=O)c1ccc(Cl)cc1. The summed E-state index contributed by atoms with van der Waals surface area (Å²) < 4.78 is 5.21. The van der Waals surface area contributed by atoms with Crippen LogP contribution in [0.5, 0.6) is 5.75 Å². The van der Waals surface area contributed by atoms with E-state index in [1.165, 1.54) is 0 Å². The van der Waals surface area contributed by atoms with Crippen molar-refractivity contribution in [1.29, 1.82) is 0 Å². The van der Waals surface area contributed by atoms with Crippen LogP contribution >= 0.6 is 11.6 Å². The molecule has 0 radical (unpaired) electrons. The van der Waals surface area contributed by atoms with Gasteiger partial charge in [0.15, 0.2) is 5.82 Å². The van der Waals surface area contributed by atoms with Crippen molar-refractivity contribution in [3.05, 3.63) is 71.2 Å². The highest BCUT2D eigenvalue weighted by molar-refractivity contribution is 6.30. The number of piperazine rings is 1. The monoisotopic (exact) mass is 535 g/mol. The van der Waals surface area contributed by atoms with Crippen LogP contribution in [0.1, 0.15) is 30.6 Å². The number of nitrogens with zero attached hydrogens (tertiary/aromatic N) is 5. The highest BCUT2D eigenvalue weighted by Gasteiger charge is 2.26. The first-order valence-electron chi connectivity index (χ1n) is 12.9. The van der Waals surface area contributed by atoms with Gasteiger partial charge in [0.2, 0.25) is 5.91 Å². The van der Waals surface area contributed by atoms with Gasteiger partial charge in [-0.15, -0.1) is 10.2 Å². The predicted octanol–water partition coefficient (Wildman–Crippen LogP) is 4.64. The van der Waals surface area contributed by atoms with Gasteiger partial charge in [-0.1, -0.05) is 31.9 Å². The molecule has 0 aliphatic carbocycles. The molecular formula is C29H34ClN5O3. The number of amides is 2. The lowest BCUT2D eigenvalue weighted by Crippen LogP contribution is -2.52. The largest absolute Gasteiger partial charge is 0.497 e. The first-order chi connectivity index (χ1) is 18.4. The van der Waals surface area contributed by atoms with Gasteiger partial charge in [0, 0.05) is 48.9 Å². The van der Waals surface area contributed by atoms with Crippen LogP contribution in [0, 0.1) is 5.92 Å². The first kappa shape index (κ1) is 27.4. The standard InChI is InChI=1S/C29H34ClN5O3/c1-4-21(2)19-35(29(37)23-5-9-24(30)10-6-23)20-28(36)34-17-15-33(16-18-34)27-14-13-26(31-32-27)22-7-11-25(38-3)12-8-22/h5-14,21H,4,15-20H2,1-3H3/t21-/m1/s1. The second-order valence-corrected chi connectivity index (χ2v) is 10.0. The van der Waals surface area contributed by atoms with Crippen LogP contribution in [0.25, 0.3) is 11.3 Å². The first-order valence-corrected chi connectivity index (χ1v) is 13.3. The van der Waals surface area contributed by atoms with E-state index in [0.717, 1.165) is 29.2 Å². The third kappa shape index (κ3) is 6.81. The summed E-state index contributed by atoms with van der Waals surface area (Å²) >= 11 is 5.99. The van der Waals surface area contributed by atoms with Gasteiger partial charge in [-0.3, -0.25) is 9.59 Å². The molecule has 2 amide bonds. The van der Waals surface area contributed by atoms with E-state index in [4.69, 9.17) is 16.3 Å². The molecule has 2 heterocycles. The lowest BCUT2D eigenvalue weighted by atomic mass is 10.1. The summed E-state index contributed by atoms with van der Waals surface area (Å²) in [6.45, 7) is 7.19. The van der Waals surface area contributed by atoms with E-state index in [0.29, 0.717) is 43.3 Å². The maximum atomic E-state index is 13.2. The fourth-order valence-electron chi connectivity index (χ4n) is 4.36. The predicted molar refractivity (Wildman–Crippen MR) is 150 cm³/mol. The molecule has 9 heteroatoms. The van der Waals surface area contributed by atoms with Crippen LogP contribution in [0.2, 0.25) is 5.02 Å². The van der Waals surface area contributed by atoms with Gasteiger partial charge in [0.1, 0.15) is 12.3 Å². The molecule has 1 fully saturated rings. The number of rotatable bonds is 9. The van der Waals surface area contributed by atoms with Crippen molar-refractivity contribution < 1.29 is 14.3 Å². The molecule has 1 aliphatic rings. The molecule has 0 N–H and O–H groups in total. The summed E-state index contributed by atoms with van der Waals surface area (Å²) in [5.74, 6) is 1.67. The molecule has 200 valence electrons. The molecule has 3 aromatic rings. The minimum absolute atomic E-state index is 0.0452. The third-order valence-corrected chi connectivity index (χ3v) is 7.18. The fourth-order valence-corrected chi connectivity index (χ4v) is 4.48. The third-order valence-electron chi connectivity index (χ3n) is 6.93. The molecule has 1 saturated heterocycles. The minimum atomic E-state index is -0.152. The number of aromatic nitrogens is 2. The molecule has 4 rings (SSSR count). The van der Waals surface area contributed by atoms with Crippen LogP contribution in [0.15, 0.2) is 60.7 Å². The molecule has 0 saturated carbocycles. The Hall–Kier alpha value is -3.65. The molecule has 0 spiro atoms. The van der Waals surface area contributed by atoms with Gasteiger partial charge >= 0.3 is 0 Å². The quantitative estimate of drug-likeness (QED) is 0.397. The molecule has 1 atom stereocenters. The van der Waals surface area contributed by atoms with E-state index in [1.807, 2.05) is 41.3 Å². The van der Waals surface area contributed by atoms with E-state index < -0.39 is 0 Å². The van der Waals surface area contributed by atoms with E-state index in [1.54, 1.807) is 36.3 Å². The Balaban J connectivity index is 1.35. The zero-order valence-electron chi connectivity index (χ0n) is 22.1. The maximum absolute atomic E-state index is 13.2. The number of anilines is 1. The molecule has 1 aromatic heterocycles.